The molecular weight excluding hydrogens is 168 g/mol. The van der Waals surface area contributed by atoms with Crippen LogP contribution >= 0.6 is 0 Å². The van der Waals surface area contributed by atoms with Crippen LogP contribution < -0.4 is 0 Å². The first-order chi connectivity index (χ1) is 6.25. The molecule has 0 unspecified atom stereocenters. The van der Waals surface area contributed by atoms with Crippen molar-refractivity contribution in [2.45, 2.75) is 59.8 Å². The molecular formula is C14H28. The van der Waals surface area contributed by atoms with E-state index < -0.39 is 0 Å². The molecule has 1 atom stereocenters. The maximum atomic E-state index is 3.88. The van der Waals surface area contributed by atoms with Gasteiger partial charge < -0.3 is 0 Å². The Balaban J connectivity index is 0.00000169. The smallest absolute Gasteiger partial charge is 0.0320 e. The average molecular weight is 196 g/mol. The largest absolute Gasteiger partial charge is 0.103 e. The molecule has 1 aliphatic rings. The van der Waals surface area contributed by atoms with Crippen molar-refractivity contribution < 1.29 is 0 Å². The number of hydrogen-bond acceptors (Lipinski definition) is 0. The maximum absolute atomic E-state index is 3.88. The first-order valence-electron chi connectivity index (χ1n) is 5.86. The second-order valence-electron chi connectivity index (χ2n) is 4.83. The van der Waals surface area contributed by atoms with Crippen LogP contribution in [0.2, 0.25) is 0 Å². The van der Waals surface area contributed by atoms with E-state index in [1.54, 1.807) is 0 Å². The molecule has 1 saturated carbocycles. The van der Waals surface area contributed by atoms with E-state index in [1.165, 1.54) is 38.5 Å². The molecule has 0 amide bonds. The lowest BCUT2D eigenvalue weighted by molar-refractivity contribution is 0.198. The number of hydrogen-bond donors (Lipinski definition) is 0. The van der Waals surface area contributed by atoms with E-state index >= 15 is 0 Å². The summed E-state index contributed by atoms with van der Waals surface area (Å²) in [7, 11) is 0. The molecule has 0 radical (unpaired) electrons. The Labute approximate surface area is 90.8 Å². The zero-order valence-corrected chi connectivity index (χ0v) is 9.26. The lowest BCUT2D eigenvalue weighted by Gasteiger charge is -2.32. The van der Waals surface area contributed by atoms with Gasteiger partial charge in [0.15, 0.2) is 0 Å². The van der Waals surface area contributed by atoms with Gasteiger partial charge in [-0.05, 0) is 24.2 Å². The van der Waals surface area contributed by atoms with Crippen LogP contribution in [0.15, 0.2) is 12.7 Å². The van der Waals surface area contributed by atoms with Crippen molar-refractivity contribution >= 4 is 0 Å². The summed E-state index contributed by atoms with van der Waals surface area (Å²) in [4.78, 5) is 0. The van der Waals surface area contributed by atoms with Crippen molar-refractivity contribution in [1.29, 1.82) is 0 Å². The highest BCUT2D eigenvalue weighted by atomic mass is 14.3. The fourth-order valence-electron chi connectivity index (χ4n) is 2.76. The molecule has 0 saturated heterocycles. The number of rotatable bonds is 4. The summed E-state index contributed by atoms with van der Waals surface area (Å²) in [6.07, 6.45) is 10.7. The third-order valence-corrected chi connectivity index (χ3v) is 3.55. The molecule has 1 rings (SSSR count). The second kappa shape index (κ2) is 7.09. The Bertz CT molecular complexity index is 140. The van der Waals surface area contributed by atoms with E-state index in [9.17, 15) is 0 Å². The van der Waals surface area contributed by atoms with Gasteiger partial charge in [0.2, 0.25) is 0 Å². The molecule has 0 spiro atoms. The summed E-state index contributed by atoms with van der Waals surface area (Å²) in [5, 5.41) is 0. The molecule has 0 heterocycles. The van der Waals surface area contributed by atoms with E-state index in [-0.39, 0.29) is 7.43 Å². The van der Waals surface area contributed by atoms with E-state index in [4.69, 9.17) is 0 Å². The third-order valence-electron chi connectivity index (χ3n) is 3.55. The van der Waals surface area contributed by atoms with Gasteiger partial charge in [0.05, 0.1) is 0 Å². The Hall–Kier alpha value is -0.260. The molecule has 0 N–H and O–H groups in total. The fourth-order valence-corrected chi connectivity index (χ4v) is 2.76. The van der Waals surface area contributed by atoms with Crippen LogP contribution in [0.3, 0.4) is 0 Å². The normalized spacial score (nSPS) is 20.2. The average Bonchev–Trinajstić information content (AvgIpc) is 2.15. The second-order valence-corrected chi connectivity index (χ2v) is 4.83. The third kappa shape index (κ3) is 3.86. The van der Waals surface area contributed by atoms with Gasteiger partial charge in [0.1, 0.15) is 0 Å². The van der Waals surface area contributed by atoms with Crippen molar-refractivity contribution in [3.63, 3.8) is 0 Å². The van der Waals surface area contributed by atoms with Gasteiger partial charge in [0.25, 0.3) is 0 Å². The van der Waals surface area contributed by atoms with Gasteiger partial charge in [-0.15, -0.1) is 6.58 Å². The minimum absolute atomic E-state index is 0. The van der Waals surface area contributed by atoms with Gasteiger partial charge in [-0.3, -0.25) is 0 Å². The van der Waals surface area contributed by atoms with Crippen molar-refractivity contribution in [3.05, 3.63) is 12.7 Å². The van der Waals surface area contributed by atoms with Crippen molar-refractivity contribution in [2.75, 3.05) is 0 Å². The molecule has 1 fully saturated rings. The molecule has 0 aliphatic heterocycles. The van der Waals surface area contributed by atoms with E-state index in [0.29, 0.717) is 0 Å². The van der Waals surface area contributed by atoms with Gasteiger partial charge in [-0.1, -0.05) is 59.5 Å². The molecule has 0 nitrogen and oxygen atoms in total. The monoisotopic (exact) mass is 196 g/mol. The number of allylic oxidation sites excluding steroid dienone is 1. The lowest BCUT2D eigenvalue weighted by atomic mass is 9.74. The van der Waals surface area contributed by atoms with Gasteiger partial charge in [-0.2, -0.15) is 0 Å². The van der Waals surface area contributed by atoms with Crippen molar-refractivity contribution in [3.8, 4) is 0 Å². The zero-order chi connectivity index (χ0) is 9.68. The van der Waals surface area contributed by atoms with Crippen LogP contribution in [0.5, 0.6) is 0 Å². The minimum Gasteiger partial charge on any atom is -0.103 e. The van der Waals surface area contributed by atoms with Crippen LogP contribution in [0.4, 0.5) is 0 Å². The Morgan fingerprint density at radius 1 is 1.21 bits per heavy atom. The van der Waals surface area contributed by atoms with Crippen molar-refractivity contribution in [2.24, 2.45) is 17.8 Å². The quantitative estimate of drug-likeness (QED) is 0.552. The fraction of sp³-hybridized carbons (Fsp3) is 0.857. The highest BCUT2D eigenvalue weighted by Gasteiger charge is 2.24. The highest BCUT2D eigenvalue weighted by molar-refractivity contribution is 4.82. The predicted octanol–water partition coefficient (Wildman–Crippen LogP) is 5.05. The molecule has 0 aromatic rings. The summed E-state index contributed by atoms with van der Waals surface area (Å²) < 4.78 is 0. The summed E-state index contributed by atoms with van der Waals surface area (Å²) >= 11 is 0. The lowest BCUT2D eigenvalue weighted by Crippen LogP contribution is -2.22. The Kier molecular flexibility index (Phi) is 6.96. The van der Waals surface area contributed by atoms with Gasteiger partial charge >= 0.3 is 0 Å². The first kappa shape index (κ1) is 13.7. The summed E-state index contributed by atoms with van der Waals surface area (Å²) in [6, 6.07) is 0. The van der Waals surface area contributed by atoms with Crippen LogP contribution in [0, 0.1) is 17.8 Å². The summed E-state index contributed by atoms with van der Waals surface area (Å²) in [5.41, 5.74) is 0. The standard InChI is InChI=1S/C13H24.CH4/c1-4-8-13(11(2)3)12-9-6-5-7-10-12;/h4,11-13H,1,5-10H2,2-3H3;1H4/t13-;/m0./s1. The van der Waals surface area contributed by atoms with Crippen LogP contribution in [-0.4, -0.2) is 0 Å². The minimum atomic E-state index is 0. The maximum Gasteiger partial charge on any atom is -0.0320 e. The summed E-state index contributed by atoms with van der Waals surface area (Å²) in [5.74, 6) is 2.73. The predicted molar refractivity (Wildman–Crippen MR) is 66.4 cm³/mol. The Morgan fingerprint density at radius 3 is 2.21 bits per heavy atom. The summed E-state index contributed by atoms with van der Waals surface area (Å²) in [6.45, 7) is 8.61. The topological polar surface area (TPSA) is 0 Å². The van der Waals surface area contributed by atoms with E-state index in [2.05, 4.69) is 26.5 Å². The molecule has 0 heteroatoms. The molecule has 14 heavy (non-hydrogen) atoms. The van der Waals surface area contributed by atoms with E-state index in [0.717, 1.165) is 17.8 Å². The van der Waals surface area contributed by atoms with Crippen LogP contribution in [-0.2, 0) is 0 Å². The van der Waals surface area contributed by atoms with Crippen LogP contribution in [0.1, 0.15) is 59.8 Å². The van der Waals surface area contributed by atoms with Gasteiger partial charge in [0, 0.05) is 0 Å². The molecule has 0 aromatic heterocycles. The zero-order valence-electron chi connectivity index (χ0n) is 9.26. The molecule has 0 aromatic carbocycles. The van der Waals surface area contributed by atoms with Crippen LogP contribution in [0.25, 0.3) is 0 Å². The highest BCUT2D eigenvalue weighted by Crippen LogP contribution is 2.35. The van der Waals surface area contributed by atoms with Crippen molar-refractivity contribution in [1.82, 2.24) is 0 Å². The van der Waals surface area contributed by atoms with E-state index in [1.807, 2.05) is 0 Å². The Morgan fingerprint density at radius 2 is 1.79 bits per heavy atom. The first-order valence-corrected chi connectivity index (χ1v) is 5.86. The molecule has 0 bridgehead atoms. The SMILES string of the molecule is C.C=CC[C@@H](C(C)C)C1CCCCC1. The molecule has 1 aliphatic carbocycles. The molecule has 84 valence electrons. The van der Waals surface area contributed by atoms with Gasteiger partial charge in [-0.25, -0.2) is 0 Å².